The van der Waals surface area contributed by atoms with Crippen molar-refractivity contribution >= 4 is 17.7 Å². The van der Waals surface area contributed by atoms with Crippen molar-refractivity contribution in [3.63, 3.8) is 0 Å². The van der Waals surface area contributed by atoms with Crippen LogP contribution in [-0.2, 0) is 17.8 Å². The van der Waals surface area contributed by atoms with Gasteiger partial charge in [0.1, 0.15) is 0 Å². The smallest absolute Gasteiger partial charge is 0.347 e. The van der Waals surface area contributed by atoms with Crippen LogP contribution in [0.15, 0.2) is 4.79 Å². The molecule has 21 heavy (non-hydrogen) atoms. The Hall–Kier alpha value is -1.30. The van der Waals surface area contributed by atoms with Gasteiger partial charge in [-0.25, -0.2) is 4.79 Å². The van der Waals surface area contributed by atoms with Crippen molar-refractivity contribution in [2.24, 2.45) is 5.92 Å². The lowest BCUT2D eigenvalue weighted by Crippen LogP contribution is -2.29. The Morgan fingerprint density at radius 2 is 2.05 bits per heavy atom. The van der Waals surface area contributed by atoms with Gasteiger partial charge in [0.05, 0.1) is 5.92 Å². The van der Waals surface area contributed by atoms with Crippen LogP contribution in [0.25, 0.3) is 0 Å². The first-order valence-corrected chi connectivity index (χ1v) is 8.56. The van der Waals surface area contributed by atoms with Crippen LogP contribution < -0.4 is 5.69 Å². The van der Waals surface area contributed by atoms with Gasteiger partial charge in [-0.15, -0.1) is 0 Å². The maximum atomic E-state index is 12.0. The zero-order valence-corrected chi connectivity index (χ0v) is 14.0. The van der Waals surface area contributed by atoms with E-state index in [1.165, 1.54) is 0 Å². The average molecular weight is 312 g/mol. The number of hydrogen-bond donors (Lipinski definition) is 1. The van der Waals surface area contributed by atoms with E-state index in [0.717, 1.165) is 29.9 Å². The summed E-state index contributed by atoms with van der Waals surface area (Å²) in [4.78, 5) is 27.1. The van der Waals surface area contributed by atoms with Gasteiger partial charge >= 0.3 is 11.7 Å². The van der Waals surface area contributed by atoms with Crippen LogP contribution in [0.1, 0.15) is 36.7 Å². The Labute approximate surface area is 129 Å². The van der Waals surface area contributed by atoms with Gasteiger partial charge in [0, 0.05) is 17.9 Å². The van der Waals surface area contributed by atoms with Crippen LogP contribution in [0.3, 0.4) is 0 Å². The fourth-order valence-corrected chi connectivity index (χ4v) is 2.80. The third-order valence-corrected chi connectivity index (χ3v) is 4.38. The summed E-state index contributed by atoms with van der Waals surface area (Å²) in [5.74, 6) is -0.228. The summed E-state index contributed by atoms with van der Waals surface area (Å²) in [7, 11) is 0. The number of aromatic nitrogens is 2. The molecule has 118 valence electrons. The summed E-state index contributed by atoms with van der Waals surface area (Å²) >= 11 is 1.79. The molecule has 0 amide bonds. The van der Waals surface area contributed by atoms with E-state index >= 15 is 0 Å². The van der Waals surface area contributed by atoms with Gasteiger partial charge in [-0.05, 0) is 50.7 Å². The molecule has 0 radical (unpaired) electrons. The summed E-state index contributed by atoms with van der Waals surface area (Å²) < 4.78 is 1.68. The highest BCUT2D eigenvalue weighted by Gasteiger charge is 2.18. The van der Waals surface area contributed by atoms with E-state index in [2.05, 4.69) is 11.2 Å². The Kier molecular flexibility index (Phi) is 6.95. The summed E-state index contributed by atoms with van der Waals surface area (Å²) in [6.45, 7) is 5.98. The fourth-order valence-electron chi connectivity index (χ4n) is 2.31. The van der Waals surface area contributed by atoms with E-state index in [-0.39, 0.29) is 5.69 Å². The molecule has 0 aliphatic carbocycles. The van der Waals surface area contributed by atoms with Gasteiger partial charge in [0.15, 0.2) is 0 Å². The molecule has 1 N–H and O–H groups in total. The number of thioether (sulfide) groups is 1. The van der Waals surface area contributed by atoms with Gasteiger partial charge in [0.2, 0.25) is 0 Å². The molecular formula is C15H24N2O3S. The second kappa shape index (κ2) is 8.22. The molecule has 0 aromatic carbocycles. The van der Waals surface area contributed by atoms with Crippen LogP contribution in [0.2, 0.25) is 0 Å². The standard InChI is InChI=1S/C15H24N2O3S/c1-10(14(18)19)9-13-11(2)16-15(20)17(12(13)3)7-5-6-8-21-4/h10H,5-9H2,1-4H3,(H,18,19). The van der Waals surface area contributed by atoms with Crippen LogP contribution in [0, 0.1) is 19.8 Å². The summed E-state index contributed by atoms with van der Waals surface area (Å²) in [6.07, 6.45) is 4.46. The average Bonchev–Trinajstić information content (AvgIpc) is 2.42. The third-order valence-electron chi connectivity index (χ3n) is 3.68. The first kappa shape index (κ1) is 17.8. The number of carbonyl (C=O) groups is 1. The van der Waals surface area contributed by atoms with Crippen molar-refractivity contribution in [2.45, 2.75) is 46.6 Å². The number of aryl methyl sites for hydroxylation is 1. The molecule has 6 heteroatoms. The SMILES string of the molecule is CSCCCCn1c(C)c(CC(C)C(=O)O)c(C)nc1=O. The van der Waals surface area contributed by atoms with Crippen LogP contribution >= 0.6 is 11.8 Å². The lowest BCUT2D eigenvalue weighted by molar-refractivity contribution is -0.141. The Morgan fingerprint density at radius 3 is 2.62 bits per heavy atom. The number of rotatable bonds is 8. The number of unbranched alkanes of at least 4 members (excludes halogenated alkanes) is 1. The molecule has 0 bridgehead atoms. The minimum Gasteiger partial charge on any atom is -0.481 e. The number of aliphatic carboxylic acids is 1. The van der Waals surface area contributed by atoms with Crippen LogP contribution in [0.4, 0.5) is 0 Å². The molecule has 0 saturated carbocycles. The van der Waals surface area contributed by atoms with E-state index in [1.54, 1.807) is 30.2 Å². The van der Waals surface area contributed by atoms with Crippen molar-refractivity contribution in [3.8, 4) is 0 Å². The van der Waals surface area contributed by atoms with Gasteiger partial charge in [-0.3, -0.25) is 9.36 Å². The third kappa shape index (κ3) is 4.88. The number of carboxylic acids is 1. The zero-order valence-electron chi connectivity index (χ0n) is 13.2. The van der Waals surface area contributed by atoms with Gasteiger partial charge < -0.3 is 5.11 Å². The molecule has 1 aromatic rings. The van der Waals surface area contributed by atoms with Crippen LogP contribution in [-0.4, -0.2) is 32.6 Å². The fraction of sp³-hybridized carbons (Fsp3) is 0.667. The van der Waals surface area contributed by atoms with Gasteiger partial charge in [-0.1, -0.05) is 6.92 Å². The predicted octanol–water partition coefficient (Wildman–Crippen LogP) is 2.27. The molecule has 1 aromatic heterocycles. The topological polar surface area (TPSA) is 72.2 Å². The minimum absolute atomic E-state index is 0.235. The quantitative estimate of drug-likeness (QED) is 0.746. The second-order valence-corrected chi connectivity index (χ2v) is 6.32. The maximum Gasteiger partial charge on any atom is 0.347 e. The summed E-state index contributed by atoms with van der Waals surface area (Å²) in [6, 6.07) is 0. The Bertz CT molecular complexity index is 555. The lowest BCUT2D eigenvalue weighted by Gasteiger charge is -2.17. The number of carboxylic acid groups (broad SMARTS) is 1. The monoisotopic (exact) mass is 312 g/mol. The maximum absolute atomic E-state index is 12.0. The first-order chi connectivity index (χ1) is 9.88. The molecule has 0 spiro atoms. The Morgan fingerprint density at radius 1 is 1.38 bits per heavy atom. The predicted molar refractivity (Wildman–Crippen MR) is 86.1 cm³/mol. The second-order valence-electron chi connectivity index (χ2n) is 5.34. The molecule has 1 heterocycles. The van der Waals surface area contributed by atoms with Crippen molar-refractivity contribution in [3.05, 3.63) is 27.4 Å². The molecule has 0 saturated heterocycles. The van der Waals surface area contributed by atoms with Gasteiger partial charge in [-0.2, -0.15) is 16.7 Å². The van der Waals surface area contributed by atoms with Crippen LogP contribution in [0.5, 0.6) is 0 Å². The molecule has 1 atom stereocenters. The minimum atomic E-state index is -0.827. The highest BCUT2D eigenvalue weighted by Crippen LogP contribution is 2.16. The molecule has 0 fully saturated rings. The van der Waals surface area contributed by atoms with Crippen molar-refractivity contribution < 1.29 is 9.90 Å². The van der Waals surface area contributed by atoms with E-state index in [4.69, 9.17) is 5.11 Å². The molecule has 1 rings (SSSR count). The lowest BCUT2D eigenvalue weighted by atomic mass is 9.99. The summed E-state index contributed by atoms with van der Waals surface area (Å²) in [5.41, 5.74) is 2.14. The first-order valence-electron chi connectivity index (χ1n) is 7.17. The van der Waals surface area contributed by atoms with E-state index in [9.17, 15) is 9.59 Å². The molecule has 5 nitrogen and oxygen atoms in total. The van der Waals surface area contributed by atoms with Crippen molar-refractivity contribution in [1.82, 2.24) is 9.55 Å². The van der Waals surface area contributed by atoms with E-state index in [0.29, 0.717) is 18.7 Å². The molecular weight excluding hydrogens is 288 g/mol. The molecule has 1 unspecified atom stereocenters. The van der Waals surface area contributed by atoms with E-state index < -0.39 is 11.9 Å². The Balaban J connectivity index is 2.99. The normalized spacial score (nSPS) is 12.4. The number of hydrogen-bond acceptors (Lipinski definition) is 4. The molecule has 0 aliphatic heterocycles. The highest BCUT2D eigenvalue weighted by molar-refractivity contribution is 7.98. The summed E-state index contributed by atoms with van der Waals surface area (Å²) in [5, 5.41) is 9.06. The van der Waals surface area contributed by atoms with Crippen molar-refractivity contribution in [2.75, 3.05) is 12.0 Å². The van der Waals surface area contributed by atoms with Gasteiger partial charge in [0.25, 0.3) is 0 Å². The van der Waals surface area contributed by atoms with E-state index in [1.807, 2.05) is 6.92 Å². The zero-order chi connectivity index (χ0) is 16.0. The number of nitrogens with zero attached hydrogens (tertiary/aromatic N) is 2. The molecule has 0 aliphatic rings. The highest BCUT2D eigenvalue weighted by atomic mass is 32.2. The van der Waals surface area contributed by atoms with Crippen molar-refractivity contribution in [1.29, 1.82) is 0 Å². The largest absolute Gasteiger partial charge is 0.481 e.